The second-order valence-corrected chi connectivity index (χ2v) is 9.21. The van der Waals surface area contributed by atoms with Crippen LogP contribution in [0.15, 0.2) is 15.7 Å². The van der Waals surface area contributed by atoms with Crippen LogP contribution in [0.2, 0.25) is 0 Å². The third-order valence-electron chi connectivity index (χ3n) is 6.55. The number of fused-ring (bicyclic) bond motifs is 1. The van der Waals surface area contributed by atoms with Crippen LogP contribution in [0.5, 0.6) is 0 Å². The van der Waals surface area contributed by atoms with Gasteiger partial charge >= 0.3 is 5.69 Å². The number of benzene rings is 1. The lowest BCUT2D eigenvalue weighted by Crippen LogP contribution is -2.44. The molecular formula is C22H29FN6O2. The molecule has 0 spiro atoms. The van der Waals surface area contributed by atoms with Gasteiger partial charge in [-0.2, -0.15) is 9.94 Å². The Morgan fingerprint density at radius 3 is 2.81 bits per heavy atom. The number of nitrogens with two attached hydrogens (primary N) is 1. The lowest BCUT2D eigenvalue weighted by Gasteiger charge is -2.28. The summed E-state index contributed by atoms with van der Waals surface area (Å²) in [5, 5.41) is 12.2. The van der Waals surface area contributed by atoms with Crippen molar-refractivity contribution in [3.63, 3.8) is 0 Å². The maximum absolute atomic E-state index is 15.3. The Morgan fingerprint density at radius 1 is 1.39 bits per heavy atom. The van der Waals surface area contributed by atoms with Crippen molar-refractivity contribution in [2.24, 2.45) is 5.41 Å². The zero-order chi connectivity index (χ0) is 22.3. The predicted octanol–water partition coefficient (Wildman–Crippen LogP) is 1.77. The van der Waals surface area contributed by atoms with E-state index in [4.69, 9.17) is 11.1 Å². The van der Waals surface area contributed by atoms with Crippen LogP contribution in [0.25, 0.3) is 10.9 Å². The zero-order valence-electron chi connectivity index (χ0n) is 18.1. The molecule has 2 fully saturated rings. The Labute approximate surface area is 180 Å². The molecule has 0 radical (unpaired) electrons. The van der Waals surface area contributed by atoms with Crippen LogP contribution < -0.4 is 27.3 Å². The van der Waals surface area contributed by atoms with Gasteiger partial charge in [0.15, 0.2) is 0 Å². The number of nitriles is 1. The molecule has 1 saturated carbocycles. The van der Waals surface area contributed by atoms with Crippen molar-refractivity contribution >= 4 is 16.6 Å². The number of hydrogen-bond acceptors (Lipinski definition) is 6. The van der Waals surface area contributed by atoms with Gasteiger partial charge in [0, 0.05) is 37.7 Å². The molecule has 1 aliphatic carbocycles. The van der Waals surface area contributed by atoms with Crippen molar-refractivity contribution < 1.29 is 4.39 Å². The third-order valence-corrected chi connectivity index (χ3v) is 6.55. The summed E-state index contributed by atoms with van der Waals surface area (Å²) in [6, 6.07) is 3.38. The number of rotatable bonds is 7. The number of aromatic nitrogens is 2. The van der Waals surface area contributed by atoms with Crippen molar-refractivity contribution in [3.05, 3.63) is 38.3 Å². The van der Waals surface area contributed by atoms with Crippen LogP contribution in [0.3, 0.4) is 0 Å². The summed E-state index contributed by atoms with van der Waals surface area (Å²) in [6.45, 7) is 6.89. The van der Waals surface area contributed by atoms with E-state index in [0.29, 0.717) is 41.0 Å². The molecule has 166 valence electrons. The van der Waals surface area contributed by atoms with Crippen molar-refractivity contribution in [3.8, 4) is 6.07 Å². The smallest absolute Gasteiger partial charge is 0.350 e. The van der Waals surface area contributed by atoms with Crippen LogP contribution in [-0.4, -0.2) is 35.4 Å². The molecular weight excluding hydrogens is 399 g/mol. The lowest BCUT2D eigenvalue weighted by atomic mass is 9.90. The van der Waals surface area contributed by atoms with Gasteiger partial charge in [-0.1, -0.05) is 6.92 Å². The molecule has 2 aliphatic rings. The molecule has 8 nitrogen and oxygen atoms in total. The molecule has 1 aliphatic heterocycles. The molecule has 2 heterocycles. The first-order valence-electron chi connectivity index (χ1n) is 10.9. The number of nitrogens with one attached hydrogen (secondary N) is 1. The summed E-state index contributed by atoms with van der Waals surface area (Å²) in [4.78, 5) is 27.3. The van der Waals surface area contributed by atoms with Gasteiger partial charge < -0.3 is 16.1 Å². The highest BCUT2D eigenvalue weighted by molar-refractivity contribution is 5.87. The second-order valence-electron chi connectivity index (χ2n) is 9.21. The van der Waals surface area contributed by atoms with E-state index in [1.807, 2.05) is 4.90 Å². The minimum absolute atomic E-state index is 0.00358. The highest BCUT2D eigenvalue weighted by atomic mass is 19.1. The number of unbranched alkanes of at least 4 members (excludes halogenated alkanes) is 1. The second kappa shape index (κ2) is 8.00. The Morgan fingerprint density at radius 2 is 2.13 bits per heavy atom. The fourth-order valence-corrected chi connectivity index (χ4v) is 4.76. The van der Waals surface area contributed by atoms with E-state index in [1.165, 1.54) is 6.07 Å². The lowest BCUT2D eigenvalue weighted by molar-refractivity contribution is 0.343. The van der Waals surface area contributed by atoms with Gasteiger partial charge in [0.1, 0.15) is 5.82 Å². The molecule has 3 N–H and O–H groups in total. The van der Waals surface area contributed by atoms with Gasteiger partial charge in [0.25, 0.3) is 5.56 Å². The standard InChI is InChI=1S/C22H29FN6O2/c1-14-18-16(20(30)29(25)21(31)28(18)15-5-6-15)11-17(23)19(14)27-10-7-22(2,13-27)12-26-9-4-3-8-24/h11,15,26H,3-7,9-10,12-13,25H2,1-2H3. The molecule has 0 amide bonds. The minimum Gasteiger partial charge on any atom is -0.368 e. The molecule has 0 bridgehead atoms. The first-order chi connectivity index (χ1) is 14.8. The van der Waals surface area contributed by atoms with E-state index in [0.717, 1.165) is 38.8 Å². The van der Waals surface area contributed by atoms with Crippen LogP contribution >= 0.6 is 0 Å². The predicted molar refractivity (Wildman–Crippen MR) is 118 cm³/mol. The summed E-state index contributed by atoms with van der Waals surface area (Å²) < 4.78 is 17.4. The normalized spacial score (nSPS) is 21.0. The highest BCUT2D eigenvalue weighted by Gasteiger charge is 2.36. The fraction of sp³-hybridized carbons (Fsp3) is 0.591. The molecule has 4 rings (SSSR count). The van der Waals surface area contributed by atoms with Gasteiger partial charge in [0.2, 0.25) is 0 Å². The topological polar surface area (TPSA) is 109 Å². The number of halogens is 1. The molecule has 1 atom stereocenters. The number of nitrogens with zero attached hydrogens (tertiary/aromatic N) is 4. The summed E-state index contributed by atoms with van der Waals surface area (Å²) in [6.07, 6.45) is 3.93. The largest absolute Gasteiger partial charge is 0.368 e. The summed E-state index contributed by atoms with van der Waals surface area (Å²) in [5.74, 6) is 5.24. The molecule has 31 heavy (non-hydrogen) atoms. The van der Waals surface area contributed by atoms with E-state index < -0.39 is 17.1 Å². The number of nitrogen functional groups attached to an aromatic ring is 1. The van der Waals surface area contributed by atoms with Crippen molar-refractivity contribution in [1.29, 1.82) is 5.26 Å². The maximum Gasteiger partial charge on any atom is 0.350 e. The number of aryl methyl sites for hydroxylation is 1. The Hall–Kier alpha value is -2.86. The first kappa shape index (κ1) is 21.4. The molecule has 1 aromatic heterocycles. The van der Waals surface area contributed by atoms with Gasteiger partial charge in [-0.05, 0) is 50.6 Å². The van der Waals surface area contributed by atoms with Crippen molar-refractivity contribution in [2.45, 2.75) is 52.0 Å². The molecule has 1 saturated heterocycles. The van der Waals surface area contributed by atoms with Crippen LogP contribution in [0, 0.1) is 29.5 Å². The van der Waals surface area contributed by atoms with Gasteiger partial charge in [-0.25, -0.2) is 9.18 Å². The van der Waals surface area contributed by atoms with E-state index in [9.17, 15) is 9.59 Å². The zero-order valence-corrected chi connectivity index (χ0v) is 18.1. The number of hydrogen-bond donors (Lipinski definition) is 2. The third kappa shape index (κ3) is 3.81. The molecule has 9 heteroatoms. The quantitative estimate of drug-likeness (QED) is 0.514. The van der Waals surface area contributed by atoms with Crippen molar-refractivity contribution in [1.82, 2.24) is 14.6 Å². The van der Waals surface area contributed by atoms with E-state index in [2.05, 4.69) is 18.3 Å². The van der Waals surface area contributed by atoms with E-state index in [-0.39, 0.29) is 16.8 Å². The van der Waals surface area contributed by atoms with E-state index in [1.54, 1.807) is 11.5 Å². The van der Waals surface area contributed by atoms with Crippen LogP contribution in [0.1, 0.15) is 50.6 Å². The summed E-state index contributed by atoms with van der Waals surface area (Å²) in [5.41, 5.74) is 0.328. The van der Waals surface area contributed by atoms with Crippen LogP contribution in [0.4, 0.5) is 10.1 Å². The molecule has 1 aromatic carbocycles. The van der Waals surface area contributed by atoms with Gasteiger partial charge in [0.05, 0.1) is 22.7 Å². The average Bonchev–Trinajstić information content (AvgIpc) is 3.49. The summed E-state index contributed by atoms with van der Waals surface area (Å²) in [7, 11) is 0. The summed E-state index contributed by atoms with van der Waals surface area (Å²) >= 11 is 0. The number of anilines is 1. The molecule has 2 aromatic rings. The Balaban J connectivity index is 1.69. The minimum atomic E-state index is -0.668. The molecule has 1 unspecified atom stereocenters. The van der Waals surface area contributed by atoms with Crippen LogP contribution in [-0.2, 0) is 0 Å². The average molecular weight is 429 g/mol. The first-order valence-corrected chi connectivity index (χ1v) is 10.9. The van der Waals surface area contributed by atoms with Gasteiger partial charge in [-0.15, -0.1) is 0 Å². The van der Waals surface area contributed by atoms with Crippen molar-refractivity contribution in [2.75, 3.05) is 36.9 Å². The Bertz CT molecular complexity index is 1180. The fourth-order valence-electron chi connectivity index (χ4n) is 4.76. The monoisotopic (exact) mass is 428 g/mol. The van der Waals surface area contributed by atoms with Gasteiger partial charge in [-0.3, -0.25) is 9.36 Å². The Kier molecular flexibility index (Phi) is 5.52. The van der Waals surface area contributed by atoms with E-state index >= 15 is 4.39 Å². The maximum atomic E-state index is 15.3. The highest BCUT2D eigenvalue weighted by Crippen LogP contribution is 2.40. The SMILES string of the molecule is Cc1c(N2CCC(C)(CNCCCC#N)C2)c(F)cc2c(=O)n(N)c(=O)n(C3CC3)c12.